The number of hydrogen-bond acceptors (Lipinski definition) is 8. The van der Waals surface area contributed by atoms with Gasteiger partial charge in [0.05, 0.1) is 0 Å². The summed E-state index contributed by atoms with van der Waals surface area (Å²) in [6.45, 7) is 14.9. The minimum Gasteiger partial charge on any atom is -0.374 e. The van der Waals surface area contributed by atoms with Crippen LogP contribution in [-0.2, 0) is 22.9 Å². The maximum absolute atomic E-state index is 12.4. The first kappa shape index (κ1) is 31.0. The lowest BCUT2D eigenvalue weighted by molar-refractivity contribution is -0.127. The monoisotopic (exact) mass is 492 g/mol. The molecule has 0 aliphatic heterocycles. The molecular weight excluding hydrogens is 448 g/mol. The summed E-state index contributed by atoms with van der Waals surface area (Å²) in [6, 6.07) is 0.817. The highest BCUT2D eigenvalue weighted by molar-refractivity contribution is 7.99. The normalized spacial score (nSPS) is 12.9. The SMILES string of the molecule is CCO[Si](CCCSCCCNC(=O)C(C)(C)N=NC(C)(C)C(=O)NC)(OCC)OCC. The van der Waals surface area contributed by atoms with Crippen molar-refractivity contribution < 1.29 is 22.9 Å². The van der Waals surface area contributed by atoms with Crippen molar-refractivity contribution in [2.45, 2.75) is 78.4 Å². The fourth-order valence-electron chi connectivity index (χ4n) is 2.73. The van der Waals surface area contributed by atoms with E-state index in [-0.39, 0.29) is 11.8 Å². The average molecular weight is 493 g/mol. The lowest BCUT2D eigenvalue weighted by atomic mass is 10.1. The summed E-state index contributed by atoms with van der Waals surface area (Å²) in [5.41, 5.74) is -2.06. The van der Waals surface area contributed by atoms with Gasteiger partial charge in [-0.1, -0.05) is 0 Å². The standard InChI is InChI=1S/C21H44N4O5SSi/c1-9-28-32(29-10-2,30-11-3)17-13-16-31-15-12-14-23-19(27)21(6,7)25-24-20(4,5)18(26)22-8/h9-17H2,1-8H3,(H,22,26)(H,23,27). The van der Waals surface area contributed by atoms with E-state index < -0.39 is 19.9 Å². The van der Waals surface area contributed by atoms with Gasteiger partial charge in [-0.05, 0) is 72.8 Å². The van der Waals surface area contributed by atoms with Gasteiger partial charge >= 0.3 is 8.80 Å². The quantitative estimate of drug-likeness (QED) is 0.172. The third kappa shape index (κ3) is 11.7. The number of carbonyl (C=O) groups is 2. The van der Waals surface area contributed by atoms with Crippen molar-refractivity contribution in [3.05, 3.63) is 0 Å². The number of likely N-dealkylation sites (N-methyl/N-ethyl adjacent to an activating group) is 1. The fourth-order valence-corrected chi connectivity index (χ4v) is 6.50. The second-order valence-corrected chi connectivity index (χ2v) is 12.2. The Kier molecular flexibility index (Phi) is 15.3. The summed E-state index contributed by atoms with van der Waals surface area (Å²) < 4.78 is 17.6. The molecule has 0 saturated heterocycles. The largest absolute Gasteiger partial charge is 0.500 e. The first-order chi connectivity index (χ1) is 15.0. The van der Waals surface area contributed by atoms with Gasteiger partial charge < -0.3 is 23.9 Å². The van der Waals surface area contributed by atoms with E-state index in [4.69, 9.17) is 13.3 Å². The average Bonchev–Trinajstić information content (AvgIpc) is 2.74. The van der Waals surface area contributed by atoms with Gasteiger partial charge in [-0.3, -0.25) is 9.59 Å². The number of nitrogens with zero attached hydrogens (tertiary/aromatic N) is 2. The molecule has 0 saturated carbocycles. The number of thioether (sulfide) groups is 1. The molecule has 0 aliphatic carbocycles. The van der Waals surface area contributed by atoms with Crippen LogP contribution in [0.5, 0.6) is 0 Å². The Balaban J connectivity index is 4.27. The molecule has 32 heavy (non-hydrogen) atoms. The van der Waals surface area contributed by atoms with Crippen LogP contribution in [0.4, 0.5) is 0 Å². The van der Waals surface area contributed by atoms with Gasteiger partial charge in [0, 0.05) is 39.5 Å². The van der Waals surface area contributed by atoms with Crippen molar-refractivity contribution in [1.82, 2.24) is 10.6 Å². The van der Waals surface area contributed by atoms with Crippen LogP contribution in [0.2, 0.25) is 6.04 Å². The zero-order chi connectivity index (χ0) is 24.7. The molecule has 0 aromatic carbocycles. The maximum atomic E-state index is 12.4. The van der Waals surface area contributed by atoms with Crippen LogP contribution in [0, 0.1) is 0 Å². The first-order valence-corrected chi connectivity index (χ1v) is 14.5. The number of nitrogens with one attached hydrogen (secondary N) is 2. The predicted octanol–water partition coefficient (Wildman–Crippen LogP) is 3.42. The van der Waals surface area contributed by atoms with Crippen molar-refractivity contribution >= 4 is 32.4 Å². The van der Waals surface area contributed by atoms with Gasteiger partial charge in [0.1, 0.15) is 0 Å². The zero-order valence-corrected chi connectivity index (χ0v) is 23.0. The number of hydrogen-bond donors (Lipinski definition) is 2. The van der Waals surface area contributed by atoms with Gasteiger partial charge in [0.25, 0.3) is 0 Å². The fraction of sp³-hybridized carbons (Fsp3) is 0.905. The van der Waals surface area contributed by atoms with Crippen LogP contribution < -0.4 is 10.6 Å². The molecule has 0 spiro atoms. The minimum absolute atomic E-state index is 0.208. The lowest BCUT2D eigenvalue weighted by Crippen LogP contribution is -2.46. The minimum atomic E-state index is -2.55. The highest BCUT2D eigenvalue weighted by Crippen LogP contribution is 2.20. The van der Waals surface area contributed by atoms with E-state index >= 15 is 0 Å². The molecule has 0 aromatic rings. The number of carbonyl (C=O) groups excluding carboxylic acids is 2. The second-order valence-electron chi connectivity index (χ2n) is 8.20. The van der Waals surface area contributed by atoms with Gasteiger partial charge in [-0.2, -0.15) is 22.0 Å². The Morgan fingerprint density at radius 2 is 1.31 bits per heavy atom. The van der Waals surface area contributed by atoms with Gasteiger partial charge in [0.2, 0.25) is 11.8 Å². The maximum Gasteiger partial charge on any atom is 0.500 e. The van der Waals surface area contributed by atoms with Crippen LogP contribution in [0.15, 0.2) is 10.2 Å². The summed E-state index contributed by atoms with van der Waals surface area (Å²) in [5, 5.41) is 13.7. The van der Waals surface area contributed by atoms with E-state index in [2.05, 4.69) is 20.9 Å². The van der Waals surface area contributed by atoms with Crippen LogP contribution in [0.3, 0.4) is 0 Å². The van der Waals surface area contributed by atoms with E-state index in [0.717, 1.165) is 30.4 Å². The van der Waals surface area contributed by atoms with Crippen LogP contribution in [0.25, 0.3) is 0 Å². The molecule has 2 amide bonds. The third-order valence-corrected chi connectivity index (χ3v) is 8.81. The Morgan fingerprint density at radius 1 is 0.844 bits per heavy atom. The number of amides is 2. The Bertz CT molecular complexity index is 574. The predicted molar refractivity (Wildman–Crippen MR) is 132 cm³/mol. The summed E-state index contributed by atoms with van der Waals surface area (Å²) in [7, 11) is -1.01. The lowest BCUT2D eigenvalue weighted by Gasteiger charge is -2.28. The van der Waals surface area contributed by atoms with E-state index in [1.54, 1.807) is 34.7 Å². The van der Waals surface area contributed by atoms with E-state index in [9.17, 15) is 9.59 Å². The van der Waals surface area contributed by atoms with Gasteiger partial charge in [-0.25, -0.2) is 0 Å². The number of azo groups is 1. The van der Waals surface area contributed by atoms with Gasteiger partial charge in [-0.15, -0.1) is 0 Å². The molecule has 0 unspecified atom stereocenters. The Morgan fingerprint density at radius 3 is 1.78 bits per heavy atom. The van der Waals surface area contributed by atoms with Gasteiger partial charge in [0.15, 0.2) is 11.1 Å². The first-order valence-electron chi connectivity index (χ1n) is 11.4. The van der Waals surface area contributed by atoms with Crippen molar-refractivity contribution in [2.24, 2.45) is 10.2 Å². The topological polar surface area (TPSA) is 111 Å². The van der Waals surface area contributed by atoms with Crippen molar-refractivity contribution in [2.75, 3.05) is 44.9 Å². The molecule has 2 N–H and O–H groups in total. The molecule has 0 radical (unpaired) electrons. The smallest absolute Gasteiger partial charge is 0.374 e. The molecule has 0 aliphatic rings. The highest BCUT2D eigenvalue weighted by atomic mass is 32.2. The Labute approximate surface area is 199 Å². The molecule has 188 valence electrons. The molecule has 0 rings (SSSR count). The van der Waals surface area contributed by atoms with Crippen LogP contribution in [0.1, 0.15) is 61.3 Å². The molecule has 0 fully saturated rings. The summed E-state index contributed by atoms with van der Waals surface area (Å²) >= 11 is 1.84. The van der Waals surface area contributed by atoms with Crippen LogP contribution in [-0.4, -0.2) is 76.6 Å². The summed E-state index contributed by atoms with van der Waals surface area (Å²) in [5.74, 6) is 1.47. The van der Waals surface area contributed by atoms with Crippen molar-refractivity contribution in [3.63, 3.8) is 0 Å². The van der Waals surface area contributed by atoms with Crippen molar-refractivity contribution in [3.8, 4) is 0 Å². The highest BCUT2D eigenvalue weighted by Gasteiger charge is 2.39. The molecule has 9 nitrogen and oxygen atoms in total. The Hall–Kier alpha value is -1.01. The van der Waals surface area contributed by atoms with E-state index in [0.29, 0.717) is 26.4 Å². The van der Waals surface area contributed by atoms with E-state index in [1.807, 2.05) is 32.5 Å². The second kappa shape index (κ2) is 15.8. The molecule has 0 aromatic heterocycles. The summed E-state index contributed by atoms with van der Waals surface area (Å²) in [6.07, 6.45) is 1.83. The number of rotatable bonds is 18. The third-order valence-electron chi connectivity index (χ3n) is 4.50. The molecule has 11 heteroatoms. The zero-order valence-electron chi connectivity index (χ0n) is 21.2. The molecule has 0 bridgehead atoms. The molecule has 0 atom stereocenters. The summed E-state index contributed by atoms with van der Waals surface area (Å²) in [4.78, 5) is 24.2. The van der Waals surface area contributed by atoms with E-state index in [1.165, 1.54) is 0 Å². The molecular formula is C21H44N4O5SSi. The van der Waals surface area contributed by atoms with Crippen molar-refractivity contribution in [1.29, 1.82) is 0 Å². The van der Waals surface area contributed by atoms with Crippen LogP contribution >= 0.6 is 11.8 Å². The molecule has 0 heterocycles.